The van der Waals surface area contributed by atoms with E-state index in [4.69, 9.17) is 4.74 Å². The van der Waals surface area contributed by atoms with Gasteiger partial charge in [0.15, 0.2) is 0 Å². The predicted octanol–water partition coefficient (Wildman–Crippen LogP) is 1.58. The lowest BCUT2D eigenvalue weighted by Gasteiger charge is -2.33. The number of fused-ring (bicyclic) bond motifs is 1. The Hall–Kier alpha value is -2.41. The summed E-state index contributed by atoms with van der Waals surface area (Å²) < 4.78 is 60.1. The molecule has 0 radical (unpaired) electrons. The summed E-state index contributed by atoms with van der Waals surface area (Å²) in [5, 5.41) is 5.46. The molecule has 3 heterocycles. The Morgan fingerprint density at radius 2 is 1.86 bits per heavy atom. The molecule has 12 heteroatoms. The third kappa shape index (κ3) is 6.28. The molecule has 0 spiro atoms. The third-order valence-corrected chi connectivity index (χ3v) is 8.94. The second-order valence-corrected chi connectivity index (χ2v) is 11.4. The van der Waals surface area contributed by atoms with Crippen molar-refractivity contribution in [2.45, 2.75) is 48.8 Å². The number of amides is 2. The van der Waals surface area contributed by atoms with Crippen molar-refractivity contribution in [2.24, 2.45) is 5.92 Å². The van der Waals surface area contributed by atoms with Crippen molar-refractivity contribution >= 4 is 21.8 Å². The van der Waals surface area contributed by atoms with Crippen LogP contribution in [0.25, 0.3) is 0 Å². The highest BCUT2D eigenvalue weighted by atomic mass is 32.2. The summed E-state index contributed by atoms with van der Waals surface area (Å²) in [5.41, 5.74) is 0.317. The van der Waals surface area contributed by atoms with Crippen molar-refractivity contribution in [3.05, 3.63) is 42.5 Å². The average molecular weight is 527 g/mol. The van der Waals surface area contributed by atoms with Crippen molar-refractivity contribution in [2.75, 3.05) is 39.3 Å². The zero-order valence-electron chi connectivity index (χ0n) is 20.0. The van der Waals surface area contributed by atoms with Gasteiger partial charge < -0.3 is 20.3 Å². The number of nitrogens with zero attached hydrogens (tertiary/aromatic N) is 2. The number of ether oxygens (including phenoxy) is 1. The van der Waals surface area contributed by atoms with Crippen LogP contribution < -0.4 is 10.6 Å². The van der Waals surface area contributed by atoms with Gasteiger partial charge >= 0.3 is 0 Å². The molecule has 3 aliphatic heterocycles. The molecule has 9 nitrogen and oxygen atoms in total. The van der Waals surface area contributed by atoms with Gasteiger partial charge in [0.2, 0.25) is 15.9 Å². The monoisotopic (exact) mass is 526 g/mol. The summed E-state index contributed by atoms with van der Waals surface area (Å²) in [6.07, 6.45) is 1.32. The third-order valence-electron chi connectivity index (χ3n) is 7.06. The van der Waals surface area contributed by atoms with Gasteiger partial charge in [-0.25, -0.2) is 17.2 Å². The van der Waals surface area contributed by atoms with Gasteiger partial charge in [-0.2, -0.15) is 4.31 Å². The van der Waals surface area contributed by atoms with Gasteiger partial charge in [0.1, 0.15) is 6.23 Å². The first kappa shape index (κ1) is 26.6. The van der Waals surface area contributed by atoms with E-state index in [1.165, 1.54) is 34.6 Å². The van der Waals surface area contributed by atoms with Crippen molar-refractivity contribution in [1.29, 1.82) is 0 Å². The van der Waals surface area contributed by atoms with Gasteiger partial charge in [-0.15, -0.1) is 0 Å². The van der Waals surface area contributed by atoms with E-state index in [0.29, 0.717) is 51.1 Å². The molecule has 3 saturated heterocycles. The quantitative estimate of drug-likeness (QED) is 0.498. The van der Waals surface area contributed by atoms with E-state index in [2.05, 4.69) is 17.2 Å². The molecule has 0 aliphatic carbocycles. The van der Waals surface area contributed by atoms with Gasteiger partial charge in [0, 0.05) is 57.7 Å². The molecule has 3 aliphatic rings. The van der Waals surface area contributed by atoms with Crippen LogP contribution in [0.15, 0.2) is 41.8 Å². The number of rotatable bonds is 8. The summed E-state index contributed by atoms with van der Waals surface area (Å²) in [5.74, 6) is -3.12. The van der Waals surface area contributed by atoms with Gasteiger partial charge in [-0.05, 0) is 49.1 Å². The molecule has 3 atom stereocenters. The van der Waals surface area contributed by atoms with Crippen molar-refractivity contribution in [3.8, 4) is 0 Å². The number of halogens is 2. The summed E-state index contributed by atoms with van der Waals surface area (Å²) >= 11 is 0. The number of likely N-dealkylation sites (tertiary alicyclic amines) is 1. The number of alkyl halides is 2. The second kappa shape index (κ2) is 10.9. The van der Waals surface area contributed by atoms with E-state index in [1.807, 2.05) is 4.90 Å². The van der Waals surface area contributed by atoms with Crippen LogP contribution in [0.5, 0.6) is 0 Å². The Balaban J connectivity index is 1.28. The average Bonchev–Trinajstić information content (AvgIpc) is 3.26. The first-order valence-electron chi connectivity index (χ1n) is 12.1. The van der Waals surface area contributed by atoms with E-state index in [9.17, 15) is 26.8 Å². The molecule has 1 aromatic carbocycles. The maximum atomic E-state index is 13.2. The minimum atomic E-state index is -3.78. The first-order valence-corrected chi connectivity index (χ1v) is 13.6. The Morgan fingerprint density at radius 1 is 1.17 bits per heavy atom. The molecule has 0 bridgehead atoms. The lowest BCUT2D eigenvalue weighted by molar-refractivity contribution is -0.120. The standard InChI is InChI=1S/C24H32F2N4O5S/c1-2-21(31)28-22-15-18-7-11-30(16-20(18)35-22)36(33,34)19-5-3-17(4-6-19)23(32)27-10-14-29-12-8-24(25,26)9-13-29/h2-6,18,20,22H,1,7-16H2,(H,27,32)(H,28,31). The second-order valence-electron chi connectivity index (χ2n) is 9.50. The Kier molecular flexibility index (Phi) is 8.08. The fourth-order valence-corrected chi connectivity index (χ4v) is 6.36. The highest BCUT2D eigenvalue weighted by Gasteiger charge is 2.42. The summed E-state index contributed by atoms with van der Waals surface area (Å²) in [6, 6.07) is 5.74. The topological polar surface area (TPSA) is 108 Å². The van der Waals surface area contributed by atoms with Crippen LogP contribution in [0.3, 0.4) is 0 Å². The molecule has 198 valence electrons. The van der Waals surface area contributed by atoms with E-state index in [0.717, 1.165) is 0 Å². The van der Waals surface area contributed by atoms with Crippen LogP contribution in [-0.2, 0) is 19.6 Å². The molecular weight excluding hydrogens is 494 g/mol. The van der Waals surface area contributed by atoms with E-state index >= 15 is 0 Å². The number of piperidine rings is 2. The number of nitrogens with one attached hydrogen (secondary N) is 2. The molecule has 2 amide bonds. The van der Waals surface area contributed by atoms with Crippen molar-refractivity contribution in [3.63, 3.8) is 0 Å². The van der Waals surface area contributed by atoms with Crippen molar-refractivity contribution < 1.29 is 31.5 Å². The smallest absolute Gasteiger partial charge is 0.251 e. The van der Waals surface area contributed by atoms with Crippen LogP contribution in [0, 0.1) is 5.92 Å². The molecule has 2 N–H and O–H groups in total. The molecule has 36 heavy (non-hydrogen) atoms. The number of benzene rings is 1. The number of carbonyl (C=O) groups is 2. The summed E-state index contributed by atoms with van der Waals surface area (Å²) in [4.78, 5) is 26.0. The van der Waals surface area contributed by atoms with E-state index in [1.54, 1.807) is 0 Å². The molecular formula is C24H32F2N4O5S. The fraction of sp³-hybridized carbons (Fsp3) is 0.583. The molecule has 4 rings (SSSR count). The van der Waals surface area contributed by atoms with Crippen LogP contribution in [0.2, 0.25) is 0 Å². The van der Waals surface area contributed by atoms with Crippen LogP contribution >= 0.6 is 0 Å². The zero-order valence-corrected chi connectivity index (χ0v) is 20.8. The fourth-order valence-electron chi connectivity index (χ4n) is 4.89. The van der Waals surface area contributed by atoms with Crippen LogP contribution in [-0.4, -0.2) is 87.0 Å². The Morgan fingerprint density at radius 3 is 2.53 bits per heavy atom. The molecule has 3 unspecified atom stereocenters. The summed E-state index contributed by atoms with van der Waals surface area (Å²) in [6.45, 7) is 5.34. The highest BCUT2D eigenvalue weighted by molar-refractivity contribution is 7.89. The lowest BCUT2D eigenvalue weighted by atomic mass is 9.94. The van der Waals surface area contributed by atoms with Crippen molar-refractivity contribution in [1.82, 2.24) is 19.8 Å². The zero-order chi connectivity index (χ0) is 25.9. The number of sulfonamides is 1. The summed E-state index contributed by atoms with van der Waals surface area (Å²) in [7, 11) is -3.78. The van der Waals surface area contributed by atoms with Gasteiger partial charge in [-0.1, -0.05) is 6.58 Å². The molecule has 0 saturated carbocycles. The SMILES string of the molecule is C=CC(=O)NC1CC2CCN(S(=O)(=O)c3ccc(C(=O)NCCN4CCC(F)(F)CC4)cc3)CC2O1. The highest BCUT2D eigenvalue weighted by Crippen LogP contribution is 2.34. The van der Waals surface area contributed by atoms with Gasteiger partial charge in [-0.3, -0.25) is 9.59 Å². The minimum absolute atomic E-state index is 0.0845. The Bertz CT molecular complexity index is 1070. The van der Waals surface area contributed by atoms with Crippen LogP contribution in [0.1, 0.15) is 36.0 Å². The lowest BCUT2D eigenvalue weighted by Crippen LogP contribution is -2.45. The minimum Gasteiger partial charge on any atom is -0.354 e. The van der Waals surface area contributed by atoms with Gasteiger partial charge in [0.05, 0.1) is 11.0 Å². The number of carbonyl (C=O) groups excluding carboxylic acids is 2. The predicted molar refractivity (Wildman–Crippen MR) is 128 cm³/mol. The normalized spacial score (nSPS) is 26.7. The van der Waals surface area contributed by atoms with Crippen LogP contribution in [0.4, 0.5) is 8.78 Å². The van der Waals surface area contributed by atoms with E-state index < -0.39 is 22.2 Å². The van der Waals surface area contributed by atoms with E-state index in [-0.39, 0.29) is 48.1 Å². The Labute approximate surface area is 209 Å². The number of hydrogen-bond acceptors (Lipinski definition) is 6. The molecule has 0 aromatic heterocycles. The maximum Gasteiger partial charge on any atom is 0.251 e. The largest absolute Gasteiger partial charge is 0.354 e. The maximum absolute atomic E-state index is 13.2. The number of hydrogen-bond donors (Lipinski definition) is 2. The molecule has 3 fully saturated rings. The first-order chi connectivity index (χ1) is 17.1. The van der Waals surface area contributed by atoms with Gasteiger partial charge in [0.25, 0.3) is 11.8 Å². The molecule has 1 aromatic rings.